The molecule has 2 aromatic rings. The minimum atomic E-state index is -3.83. The molecule has 0 saturated carbocycles. The highest BCUT2D eigenvalue weighted by molar-refractivity contribution is 7.89. The molecular weight excluding hydrogens is 337 g/mol. The summed E-state index contributed by atoms with van der Waals surface area (Å²) in [6, 6.07) is 4.71. The van der Waals surface area contributed by atoms with Gasteiger partial charge in [-0.15, -0.1) is 0 Å². The standard InChI is InChI=1S/C15H16FN3O4S/c16-12-2-1-3-13(8-12)24(21,22)18-6-4-15(20)19-7-5-14-11(10-19)9-17-23-14/h1-3,8-9,18H,4-7,10H2. The van der Waals surface area contributed by atoms with Crippen molar-refractivity contribution in [2.75, 3.05) is 13.1 Å². The van der Waals surface area contributed by atoms with Crippen LogP contribution in [0, 0.1) is 5.82 Å². The van der Waals surface area contributed by atoms with Crippen LogP contribution in [-0.2, 0) is 27.8 Å². The van der Waals surface area contributed by atoms with Crippen molar-refractivity contribution in [2.45, 2.75) is 24.3 Å². The Balaban J connectivity index is 1.54. The summed E-state index contributed by atoms with van der Waals surface area (Å²) in [5.74, 6) is -0.0126. The van der Waals surface area contributed by atoms with E-state index in [2.05, 4.69) is 9.88 Å². The molecule has 9 heteroatoms. The van der Waals surface area contributed by atoms with Gasteiger partial charge in [-0.05, 0) is 18.2 Å². The van der Waals surface area contributed by atoms with Crippen LogP contribution in [0.4, 0.5) is 4.39 Å². The SMILES string of the molecule is O=C(CCNS(=O)(=O)c1cccc(F)c1)N1CCc2oncc2C1. The third kappa shape index (κ3) is 3.62. The fourth-order valence-corrected chi connectivity index (χ4v) is 3.58. The molecule has 0 aliphatic carbocycles. The second-order valence-electron chi connectivity index (χ2n) is 5.44. The lowest BCUT2D eigenvalue weighted by atomic mass is 10.1. The van der Waals surface area contributed by atoms with Gasteiger partial charge in [0.2, 0.25) is 15.9 Å². The van der Waals surface area contributed by atoms with Gasteiger partial charge < -0.3 is 9.42 Å². The number of nitrogens with one attached hydrogen (secondary N) is 1. The van der Waals surface area contributed by atoms with E-state index in [0.717, 1.165) is 23.5 Å². The van der Waals surface area contributed by atoms with E-state index in [4.69, 9.17) is 4.52 Å². The van der Waals surface area contributed by atoms with Crippen molar-refractivity contribution in [2.24, 2.45) is 0 Å². The van der Waals surface area contributed by atoms with Gasteiger partial charge in [0.1, 0.15) is 11.6 Å². The Morgan fingerprint density at radius 2 is 2.25 bits per heavy atom. The molecule has 7 nitrogen and oxygen atoms in total. The van der Waals surface area contributed by atoms with Gasteiger partial charge in [0, 0.05) is 31.5 Å². The predicted octanol–water partition coefficient (Wildman–Crippen LogP) is 1.07. The van der Waals surface area contributed by atoms with Crippen molar-refractivity contribution in [1.29, 1.82) is 0 Å². The molecule has 0 spiro atoms. The maximum atomic E-state index is 13.1. The quantitative estimate of drug-likeness (QED) is 0.868. The second-order valence-corrected chi connectivity index (χ2v) is 7.21. The van der Waals surface area contributed by atoms with Crippen molar-refractivity contribution in [3.63, 3.8) is 0 Å². The zero-order valence-electron chi connectivity index (χ0n) is 12.7. The van der Waals surface area contributed by atoms with E-state index in [1.807, 2.05) is 0 Å². The maximum Gasteiger partial charge on any atom is 0.240 e. The summed E-state index contributed by atoms with van der Waals surface area (Å²) in [5.41, 5.74) is 0.870. The van der Waals surface area contributed by atoms with Gasteiger partial charge in [-0.25, -0.2) is 17.5 Å². The number of aromatic nitrogens is 1. The Kier molecular flexibility index (Phi) is 4.63. The summed E-state index contributed by atoms with van der Waals surface area (Å²) in [5, 5.41) is 3.70. The number of amides is 1. The van der Waals surface area contributed by atoms with Crippen LogP contribution < -0.4 is 4.72 Å². The Morgan fingerprint density at radius 1 is 1.42 bits per heavy atom. The van der Waals surface area contributed by atoms with Crippen LogP contribution >= 0.6 is 0 Å². The average Bonchev–Trinajstić information content (AvgIpc) is 3.02. The molecule has 0 unspecified atom stereocenters. The fourth-order valence-electron chi connectivity index (χ4n) is 2.52. The highest BCUT2D eigenvalue weighted by atomic mass is 32.2. The van der Waals surface area contributed by atoms with E-state index < -0.39 is 15.8 Å². The van der Waals surface area contributed by atoms with Crippen molar-refractivity contribution in [3.05, 3.63) is 47.6 Å². The van der Waals surface area contributed by atoms with Crippen LogP contribution in [-0.4, -0.2) is 37.5 Å². The molecule has 0 saturated heterocycles. The molecule has 1 aliphatic heterocycles. The first-order valence-electron chi connectivity index (χ1n) is 7.41. The first-order chi connectivity index (χ1) is 11.5. The number of fused-ring (bicyclic) bond motifs is 1. The molecule has 0 atom stereocenters. The lowest BCUT2D eigenvalue weighted by molar-refractivity contribution is -0.132. The van der Waals surface area contributed by atoms with Crippen LogP contribution in [0.2, 0.25) is 0 Å². The Labute approximate surface area is 138 Å². The smallest absolute Gasteiger partial charge is 0.240 e. The van der Waals surface area contributed by atoms with E-state index >= 15 is 0 Å². The Hall–Kier alpha value is -2.26. The van der Waals surface area contributed by atoms with Gasteiger partial charge in [-0.2, -0.15) is 0 Å². The van der Waals surface area contributed by atoms with Crippen LogP contribution in [0.5, 0.6) is 0 Å². The lowest BCUT2D eigenvalue weighted by Gasteiger charge is -2.25. The molecule has 24 heavy (non-hydrogen) atoms. The number of rotatable bonds is 5. The number of hydrogen-bond acceptors (Lipinski definition) is 5. The lowest BCUT2D eigenvalue weighted by Crippen LogP contribution is -2.37. The van der Waals surface area contributed by atoms with Gasteiger partial charge in [-0.1, -0.05) is 11.2 Å². The first kappa shape index (κ1) is 16.6. The minimum Gasteiger partial charge on any atom is -0.361 e. The predicted molar refractivity (Wildman–Crippen MR) is 81.8 cm³/mol. The number of sulfonamides is 1. The fraction of sp³-hybridized carbons (Fsp3) is 0.333. The van der Waals surface area contributed by atoms with Gasteiger partial charge >= 0.3 is 0 Å². The molecule has 1 amide bonds. The zero-order valence-corrected chi connectivity index (χ0v) is 13.6. The first-order valence-corrected chi connectivity index (χ1v) is 8.89. The van der Waals surface area contributed by atoms with Crippen LogP contribution in [0.3, 0.4) is 0 Å². The van der Waals surface area contributed by atoms with E-state index in [1.165, 1.54) is 12.1 Å². The van der Waals surface area contributed by atoms with Crippen LogP contribution in [0.15, 0.2) is 39.9 Å². The third-order valence-electron chi connectivity index (χ3n) is 3.79. The second kappa shape index (κ2) is 6.70. The summed E-state index contributed by atoms with van der Waals surface area (Å²) in [7, 11) is -3.83. The third-order valence-corrected chi connectivity index (χ3v) is 5.25. The number of benzene rings is 1. The number of carbonyl (C=O) groups is 1. The number of halogens is 1. The van der Waals surface area contributed by atoms with Gasteiger partial charge in [0.15, 0.2) is 0 Å². The van der Waals surface area contributed by atoms with Crippen molar-refractivity contribution < 1.29 is 22.1 Å². The number of nitrogens with zero attached hydrogens (tertiary/aromatic N) is 2. The van der Waals surface area contributed by atoms with E-state index in [-0.39, 0.29) is 23.8 Å². The topological polar surface area (TPSA) is 92.5 Å². The van der Waals surface area contributed by atoms with Crippen molar-refractivity contribution >= 4 is 15.9 Å². The highest BCUT2D eigenvalue weighted by Gasteiger charge is 2.23. The molecule has 1 aliphatic rings. The van der Waals surface area contributed by atoms with Gasteiger partial charge in [-0.3, -0.25) is 4.79 Å². The minimum absolute atomic E-state index is 0.0230. The monoisotopic (exact) mass is 353 g/mol. The van der Waals surface area contributed by atoms with Crippen molar-refractivity contribution in [3.8, 4) is 0 Å². The Morgan fingerprint density at radius 3 is 3.04 bits per heavy atom. The highest BCUT2D eigenvalue weighted by Crippen LogP contribution is 2.18. The van der Waals surface area contributed by atoms with Gasteiger partial charge in [0.25, 0.3) is 0 Å². The molecule has 3 rings (SSSR count). The summed E-state index contributed by atoms with van der Waals surface area (Å²) < 4.78 is 44.6. The molecule has 0 bridgehead atoms. The summed E-state index contributed by atoms with van der Waals surface area (Å²) in [6.07, 6.45) is 2.20. The summed E-state index contributed by atoms with van der Waals surface area (Å²) in [4.78, 5) is 13.7. The summed E-state index contributed by atoms with van der Waals surface area (Å²) >= 11 is 0. The molecule has 2 heterocycles. The molecule has 0 radical (unpaired) electrons. The molecule has 1 N–H and O–H groups in total. The molecule has 128 valence electrons. The normalized spacial score (nSPS) is 14.5. The summed E-state index contributed by atoms with van der Waals surface area (Å²) in [6.45, 7) is 0.872. The molecular formula is C15H16FN3O4S. The van der Waals surface area contributed by atoms with Crippen LogP contribution in [0.1, 0.15) is 17.7 Å². The average molecular weight is 353 g/mol. The molecule has 1 aromatic carbocycles. The van der Waals surface area contributed by atoms with E-state index in [1.54, 1.807) is 11.1 Å². The number of carbonyl (C=O) groups excluding carboxylic acids is 1. The van der Waals surface area contributed by atoms with Gasteiger partial charge in [0.05, 0.1) is 17.6 Å². The number of hydrogen-bond donors (Lipinski definition) is 1. The maximum absolute atomic E-state index is 13.1. The zero-order chi connectivity index (χ0) is 17.2. The molecule has 1 aromatic heterocycles. The van der Waals surface area contributed by atoms with Crippen molar-refractivity contribution in [1.82, 2.24) is 14.8 Å². The largest absolute Gasteiger partial charge is 0.361 e. The molecule has 0 fully saturated rings. The van der Waals surface area contributed by atoms with E-state index in [0.29, 0.717) is 19.5 Å². The van der Waals surface area contributed by atoms with Crippen LogP contribution in [0.25, 0.3) is 0 Å². The Bertz CT molecular complexity index is 850. The van der Waals surface area contributed by atoms with E-state index in [9.17, 15) is 17.6 Å².